The molecule has 1 aromatic rings. The summed E-state index contributed by atoms with van der Waals surface area (Å²) in [5.74, 6) is -1.27. The van der Waals surface area contributed by atoms with Gasteiger partial charge in [-0.25, -0.2) is 0 Å². The normalized spacial score (nSPS) is 10.4. The summed E-state index contributed by atoms with van der Waals surface area (Å²) in [4.78, 5) is 10.4. The van der Waals surface area contributed by atoms with Gasteiger partial charge in [0.15, 0.2) is 0 Å². The Morgan fingerprint density at radius 3 is 2.73 bits per heavy atom. The molecule has 0 bridgehead atoms. The van der Waals surface area contributed by atoms with Crippen molar-refractivity contribution in [1.29, 1.82) is 0 Å². The molecule has 1 rings (SSSR count). The first-order valence-corrected chi connectivity index (χ1v) is 4.32. The zero-order chi connectivity index (χ0) is 11.4. The summed E-state index contributed by atoms with van der Waals surface area (Å²) in [6.07, 6.45) is -0.267. The molecule has 0 aliphatic heterocycles. The number of carboxylic acids is 1. The Hall–Kier alpha value is -1.36. The highest BCUT2D eigenvalue weighted by atomic mass is 35.5. The van der Waals surface area contributed by atoms with Gasteiger partial charge in [0.05, 0.1) is 11.4 Å². The number of aliphatic carboxylic acids is 1. The van der Waals surface area contributed by atoms with E-state index in [4.69, 9.17) is 16.7 Å². The van der Waals surface area contributed by atoms with Gasteiger partial charge in [-0.15, -0.1) is 0 Å². The van der Waals surface area contributed by atoms with Crippen LogP contribution in [-0.4, -0.2) is 17.7 Å². The second-order valence-electron chi connectivity index (χ2n) is 2.71. The van der Waals surface area contributed by atoms with Gasteiger partial charge in [-0.3, -0.25) is 4.79 Å². The SMILES string of the molecule is O=C(O)Cc1ccc(Cl)c(OC(F)F)c1. The van der Waals surface area contributed by atoms with Crippen LogP contribution in [0.5, 0.6) is 5.75 Å². The molecule has 3 nitrogen and oxygen atoms in total. The summed E-state index contributed by atoms with van der Waals surface area (Å²) >= 11 is 5.57. The molecule has 0 saturated carbocycles. The van der Waals surface area contributed by atoms with E-state index in [2.05, 4.69) is 4.74 Å². The maximum absolute atomic E-state index is 11.9. The molecule has 1 N–H and O–H groups in total. The molecule has 0 heterocycles. The molecule has 0 aromatic heterocycles. The van der Waals surface area contributed by atoms with Crippen LogP contribution in [0.2, 0.25) is 5.02 Å². The minimum atomic E-state index is -2.98. The fourth-order valence-corrected chi connectivity index (χ4v) is 1.18. The molecule has 0 spiro atoms. The molecular formula is C9H7ClF2O3. The van der Waals surface area contributed by atoms with E-state index in [0.29, 0.717) is 5.56 Å². The molecule has 0 unspecified atom stereocenters. The summed E-state index contributed by atoms with van der Waals surface area (Å²) in [5.41, 5.74) is 0.350. The van der Waals surface area contributed by atoms with Crippen LogP contribution in [0.1, 0.15) is 5.56 Å². The number of benzene rings is 1. The van der Waals surface area contributed by atoms with Crippen LogP contribution in [-0.2, 0) is 11.2 Å². The lowest BCUT2D eigenvalue weighted by atomic mass is 10.1. The van der Waals surface area contributed by atoms with E-state index in [1.165, 1.54) is 18.2 Å². The molecule has 0 radical (unpaired) electrons. The van der Waals surface area contributed by atoms with E-state index < -0.39 is 12.6 Å². The maximum atomic E-state index is 11.9. The highest BCUT2D eigenvalue weighted by Gasteiger charge is 2.10. The number of carbonyl (C=O) groups is 1. The molecule has 0 aliphatic carbocycles. The van der Waals surface area contributed by atoms with Crippen molar-refractivity contribution in [2.24, 2.45) is 0 Å². The molecule has 0 fully saturated rings. The van der Waals surface area contributed by atoms with Crippen LogP contribution >= 0.6 is 11.6 Å². The van der Waals surface area contributed by atoms with E-state index in [9.17, 15) is 13.6 Å². The average molecular weight is 237 g/mol. The molecule has 0 amide bonds. The van der Waals surface area contributed by atoms with Gasteiger partial charge in [0.1, 0.15) is 5.75 Å². The lowest BCUT2D eigenvalue weighted by Gasteiger charge is -2.07. The van der Waals surface area contributed by atoms with Crippen LogP contribution in [0.25, 0.3) is 0 Å². The predicted octanol–water partition coefficient (Wildman–Crippen LogP) is 2.57. The molecular weight excluding hydrogens is 230 g/mol. The van der Waals surface area contributed by atoms with Gasteiger partial charge >= 0.3 is 12.6 Å². The summed E-state index contributed by atoms with van der Waals surface area (Å²) in [5, 5.41) is 8.51. The summed E-state index contributed by atoms with van der Waals surface area (Å²) in [6, 6.07) is 3.94. The van der Waals surface area contributed by atoms with Crippen molar-refractivity contribution in [1.82, 2.24) is 0 Å². The van der Waals surface area contributed by atoms with Gasteiger partial charge in [0.25, 0.3) is 0 Å². The number of hydrogen-bond donors (Lipinski definition) is 1. The van der Waals surface area contributed by atoms with Crippen molar-refractivity contribution in [3.8, 4) is 5.75 Å². The monoisotopic (exact) mass is 236 g/mol. The Morgan fingerprint density at radius 1 is 1.53 bits per heavy atom. The molecule has 0 atom stereocenters. The maximum Gasteiger partial charge on any atom is 0.387 e. The van der Waals surface area contributed by atoms with Crippen LogP contribution in [0.15, 0.2) is 18.2 Å². The van der Waals surface area contributed by atoms with Crippen molar-refractivity contribution < 1.29 is 23.4 Å². The third-order valence-corrected chi connectivity index (χ3v) is 1.88. The van der Waals surface area contributed by atoms with E-state index in [-0.39, 0.29) is 17.2 Å². The van der Waals surface area contributed by atoms with Gasteiger partial charge < -0.3 is 9.84 Å². The van der Waals surface area contributed by atoms with Crippen LogP contribution in [0, 0.1) is 0 Å². The van der Waals surface area contributed by atoms with Gasteiger partial charge in [-0.2, -0.15) is 8.78 Å². The smallest absolute Gasteiger partial charge is 0.387 e. The Morgan fingerprint density at radius 2 is 2.20 bits per heavy atom. The summed E-state index contributed by atoms with van der Waals surface area (Å²) in [6.45, 7) is -2.98. The van der Waals surface area contributed by atoms with Gasteiger partial charge in [-0.05, 0) is 17.7 Å². The third kappa shape index (κ3) is 3.71. The second-order valence-corrected chi connectivity index (χ2v) is 3.12. The largest absolute Gasteiger partial charge is 0.481 e. The van der Waals surface area contributed by atoms with Crippen molar-refractivity contribution in [3.63, 3.8) is 0 Å². The van der Waals surface area contributed by atoms with Gasteiger partial charge in [-0.1, -0.05) is 17.7 Å². The zero-order valence-electron chi connectivity index (χ0n) is 7.41. The number of rotatable bonds is 4. The lowest BCUT2D eigenvalue weighted by molar-refractivity contribution is -0.136. The second kappa shape index (κ2) is 4.93. The van der Waals surface area contributed by atoms with Crippen LogP contribution < -0.4 is 4.74 Å². The van der Waals surface area contributed by atoms with E-state index in [1.807, 2.05) is 0 Å². The molecule has 6 heteroatoms. The molecule has 0 aliphatic rings. The Balaban J connectivity index is 2.89. The van der Waals surface area contributed by atoms with E-state index in [0.717, 1.165) is 0 Å². The fourth-order valence-electron chi connectivity index (χ4n) is 1.02. The summed E-state index contributed by atoms with van der Waals surface area (Å²) < 4.78 is 27.9. The van der Waals surface area contributed by atoms with Crippen molar-refractivity contribution in [3.05, 3.63) is 28.8 Å². The van der Waals surface area contributed by atoms with E-state index in [1.54, 1.807) is 0 Å². The number of ether oxygens (including phenoxy) is 1. The number of carboxylic acid groups (broad SMARTS) is 1. The molecule has 82 valence electrons. The average Bonchev–Trinajstić information content (AvgIpc) is 2.09. The molecule has 1 aromatic carbocycles. The number of hydrogen-bond acceptors (Lipinski definition) is 2. The van der Waals surface area contributed by atoms with Crippen LogP contribution in [0.4, 0.5) is 8.78 Å². The Kier molecular flexibility index (Phi) is 3.85. The first-order valence-electron chi connectivity index (χ1n) is 3.94. The predicted molar refractivity (Wildman–Crippen MR) is 49.4 cm³/mol. The minimum Gasteiger partial charge on any atom is -0.481 e. The first-order chi connectivity index (χ1) is 6.99. The van der Waals surface area contributed by atoms with Crippen molar-refractivity contribution in [2.45, 2.75) is 13.0 Å². The third-order valence-electron chi connectivity index (χ3n) is 1.57. The van der Waals surface area contributed by atoms with Crippen molar-refractivity contribution >= 4 is 17.6 Å². The highest BCUT2D eigenvalue weighted by Crippen LogP contribution is 2.27. The zero-order valence-corrected chi connectivity index (χ0v) is 8.17. The van der Waals surface area contributed by atoms with Gasteiger partial charge in [0.2, 0.25) is 0 Å². The highest BCUT2D eigenvalue weighted by molar-refractivity contribution is 6.32. The number of halogens is 3. The van der Waals surface area contributed by atoms with Crippen LogP contribution in [0.3, 0.4) is 0 Å². The first kappa shape index (κ1) is 11.7. The Bertz CT molecular complexity index is 368. The topological polar surface area (TPSA) is 46.5 Å². The van der Waals surface area contributed by atoms with Gasteiger partial charge in [0, 0.05) is 0 Å². The minimum absolute atomic E-state index is 0.0180. The number of alkyl halides is 2. The standard InChI is InChI=1S/C9H7ClF2O3/c10-6-2-1-5(4-8(13)14)3-7(6)15-9(11)12/h1-3,9H,4H2,(H,13,14). The Labute approximate surface area is 89.2 Å². The fraction of sp³-hybridized carbons (Fsp3) is 0.222. The quantitative estimate of drug-likeness (QED) is 0.874. The molecule has 0 saturated heterocycles. The summed E-state index contributed by atoms with van der Waals surface area (Å²) in [7, 11) is 0. The lowest BCUT2D eigenvalue weighted by Crippen LogP contribution is -2.04. The molecule has 15 heavy (non-hydrogen) atoms. The van der Waals surface area contributed by atoms with E-state index >= 15 is 0 Å². The van der Waals surface area contributed by atoms with Crippen molar-refractivity contribution in [2.75, 3.05) is 0 Å².